The lowest BCUT2D eigenvalue weighted by Gasteiger charge is -2.15. The average Bonchev–Trinajstić information content (AvgIpc) is 2.31. The van der Waals surface area contributed by atoms with Gasteiger partial charge in [-0.15, -0.1) is 11.3 Å². The number of Topliss-reactive ketones (excluding diaryl/α,β-unsaturated/α-hetero) is 1. The molecule has 1 aromatic heterocycles. The lowest BCUT2D eigenvalue weighted by Crippen LogP contribution is -2.34. The summed E-state index contributed by atoms with van der Waals surface area (Å²) in [6.45, 7) is 5.58. The van der Waals surface area contributed by atoms with Gasteiger partial charge in [0, 0.05) is 18.2 Å². The zero-order chi connectivity index (χ0) is 10.1. The molecule has 0 unspecified atom stereocenters. The molecule has 72 valence electrons. The highest BCUT2D eigenvalue weighted by Gasteiger charge is 2.18. The molecule has 1 rings (SSSR count). The molecule has 0 spiro atoms. The number of nitrogens with two attached hydrogens (primary N) is 1. The lowest BCUT2D eigenvalue weighted by molar-refractivity contribution is 0.0964. The highest BCUT2D eigenvalue weighted by molar-refractivity contribution is 7.13. The number of carbonyl (C=O) groups is 1. The number of aromatic nitrogens is 1. The Labute approximate surface area is 82.0 Å². The van der Waals surface area contributed by atoms with Gasteiger partial charge >= 0.3 is 0 Å². The summed E-state index contributed by atoms with van der Waals surface area (Å²) >= 11 is 1.42. The van der Waals surface area contributed by atoms with E-state index >= 15 is 0 Å². The van der Waals surface area contributed by atoms with Crippen LogP contribution >= 0.6 is 11.3 Å². The van der Waals surface area contributed by atoms with Crippen LogP contribution in [-0.2, 0) is 0 Å². The van der Waals surface area contributed by atoms with Crippen LogP contribution in [0.5, 0.6) is 0 Å². The van der Waals surface area contributed by atoms with E-state index in [1.165, 1.54) is 11.3 Å². The summed E-state index contributed by atoms with van der Waals surface area (Å²) in [6, 6.07) is 0. The van der Waals surface area contributed by atoms with Crippen LogP contribution in [0.25, 0.3) is 0 Å². The van der Waals surface area contributed by atoms with Crippen LogP contribution in [0.4, 0.5) is 0 Å². The van der Waals surface area contributed by atoms with Crippen molar-refractivity contribution >= 4 is 17.1 Å². The van der Waals surface area contributed by atoms with Crippen molar-refractivity contribution in [3.05, 3.63) is 16.1 Å². The minimum Gasteiger partial charge on any atom is -0.325 e. The van der Waals surface area contributed by atoms with Crippen LogP contribution in [0.15, 0.2) is 6.20 Å². The third-order valence-corrected chi connectivity index (χ3v) is 2.47. The Hall–Kier alpha value is -0.740. The number of hydrogen-bond donors (Lipinski definition) is 1. The Balaban J connectivity index is 2.70. The van der Waals surface area contributed by atoms with Crippen LogP contribution in [0.2, 0.25) is 0 Å². The Morgan fingerprint density at radius 2 is 2.31 bits per heavy atom. The van der Waals surface area contributed by atoms with E-state index in [1.54, 1.807) is 6.20 Å². The number of aryl methyl sites for hydroxylation is 1. The molecule has 0 aromatic carbocycles. The number of rotatable bonds is 3. The molecular formula is C9H14N2OS. The van der Waals surface area contributed by atoms with E-state index in [4.69, 9.17) is 5.73 Å². The van der Waals surface area contributed by atoms with Gasteiger partial charge in [-0.05, 0) is 20.8 Å². The maximum Gasteiger partial charge on any atom is 0.176 e. The number of thiazole rings is 1. The minimum absolute atomic E-state index is 0.0816. The maximum atomic E-state index is 11.6. The molecule has 0 saturated heterocycles. The quantitative estimate of drug-likeness (QED) is 0.753. The fourth-order valence-electron chi connectivity index (χ4n) is 0.991. The van der Waals surface area contributed by atoms with Crippen LogP contribution in [-0.4, -0.2) is 16.3 Å². The van der Waals surface area contributed by atoms with Crippen LogP contribution in [0, 0.1) is 6.92 Å². The molecule has 13 heavy (non-hydrogen) atoms. The van der Waals surface area contributed by atoms with E-state index in [1.807, 2.05) is 20.8 Å². The van der Waals surface area contributed by atoms with Gasteiger partial charge < -0.3 is 5.73 Å². The molecule has 0 fully saturated rings. The Kier molecular flexibility index (Phi) is 2.83. The molecule has 0 aliphatic rings. The van der Waals surface area contributed by atoms with Crippen molar-refractivity contribution in [2.24, 2.45) is 5.73 Å². The summed E-state index contributed by atoms with van der Waals surface area (Å²) in [6.07, 6.45) is 1.99. The van der Waals surface area contributed by atoms with Crippen LogP contribution in [0.1, 0.15) is 34.9 Å². The van der Waals surface area contributed by atoms with Gasteiger partial charge in [0.2, 0.25) is 0 Å². The molecule has 0 aliphatic carbocycles. The van der Waals surface area contributed by atoms with E-state index in [0.29, 0.717) is 11.3 Å². The monoisotopic (exact) mass is 198 g/mol. The van der Waals surface area contributed by atoms with Gasteiger partial charge in [-0.25, -0.2) is 4.98 Å². The lowest BCUT2D eigenvalue weighted by atomic mass is 9.99. The fraction of sp³-hybridized carbons (Fsp3) is 0.556. The summed E-state index contributed by atoms with van der Waals surface area (Å²) < 4.78 is 0. The molecular weight excluding hydrogens is 184 g/mol. The molecule has 0 atom stereocenters. The summed E-state index contributed by atoms with van der Waals surface area (Å²) in [7, 11) is 0. The van der Waals surface area contributed by atoms with E-state index in [2.05, 4.69) is 4.98 Å². The summed E-state index contributed by atoms with van der Waals surface area (Å²) in [5.41, 5.74) is 5.31. The first-order valence-electron chi connectivity index (χ1n) is 4.13. The normalized spacial score (nSPS) is 11.7. The molecule has 0 radical (unpaired) electrons. The fourth-order valence-corrected chi connectivity index (χ4v) is 1.71. The summed E-state index contributed by atoms with van der Waals surface area (Å²) in [5.74, 6) is 0.0816. The van der Waals surface area contributed by atoms with Gasteiger partial charge in [0.05, 0.1) is 9.88 Å². The average molecular weight is 198 g/mol. The van der Waals surface area contributed by atoms with Crippen molar-refractivity contribution in [3.63, 3.8) is 0 Å². The predicted octanol–water partition coefficient (Wildman–Crippen LogP) is 1.76. The smallest absolute Gasteiger partial charge is 0.176 e. The molecule has 4 heteroatoms. The zero-order valence-electron chi connectivity index (χ0n) is 8.13. The summed E-state index contributed by atoms with van der Waals surface area (Å²) in [4.78, 5) is 16.3. The number of hydrogen-bond acceptors (Lipinski definition) is 4. The van der Waals surface area contributed by atoms with E-state index in [9.17, 15) is 4.79 Å². The van der Waals surface area contributed by atoms with Crippen molar-refractivity contribution in [2.75, 3.05) is 0 Å². The second-order valence-electron chi connectivity index (χ2n) is 3.83. The highest BCUT2D eigenvalue weighted by Crippen LogP contribution is 2.16. The molecule has 0 bridgehead atoms. The first-order chi connectivity index (χ1) is 5.88. The Morgan fingerprint density at radius 1 is 1.69 bits per heavy atom. The Bertz CT molecular complexity index is 312. The van der Waals surface area contributed by atoms with Gasteiger partial charge in [0.1, 0.15) is 0 Å². The SMILES string of the molecule is Cc1ncc(C(=O)CC(C)(C)N)s1. The largest absolute Gasteiger partial charge is 0.325 e. The third kappa shape index (κ3) is 3.24. The van der Waals surface area contributed by atoms with Crippen molar-refractivity contribution in [1.82, 2.24) is 4.98 Å². The number of nitrogens with zero attached hydrogens (tertiary/aromatic N) is 1. The molecule has 0 aliphatic heterocycles. The van der Waals surface area contributed by atoms with Gasteiger partial charge in [-0.2, -0.15) is 0 Å². The maximum absolute atomic E-state index is 11.6. The summed E-state index contributed by atoms with van der Waals surface area (Å²) in [5, 5.41) is 0.915. The topological polar surface area (TPSA) is 56.0 Å². The second-order valence-corrected chi connectivity index (χ2v) is 5.07. The number of ketones is 1. The van der Waals surface area contributed by atoms with Gasteiger partial charge in [0.15, 0.2) is 5.78 Å². The van der Waals surface area contributed by atoms with Crippen LogP contribution < -0.4 is 5.73 Å². The van der Waals surface area contributed by atoms with Crippen molar-refractivity contribution in [2.45, 2.75) is 32.7 Å². The van der Waals surface area contributed by atoms with E-state index in [0.717, 1.165) is 5.01 Å². The van der Waals surface area contributed by atoms with Crippen molar-refractivity contribution in [3.8, 4) is 0 Å². The standard InChI is InChI=1S/C9H14N2OS/c1-6-11-5-8(13-6)7(12)4-9(2,3)10/h5H,4,10H2,1-3H3. The first kappa shape index (κ1) is 10.3. The zero-order valence-corrected chi connectivity index (χ0v) is 8.94. The highest BCUT2D eigenvalue weighted by atomic mass is 32.1. The molecule has 0 amide bonds. The van der Waals surface area contributed by atoms with Gasteiger partial charge in [-0.3, -0.25) is 4.79 Å². The molecule has 0 saturated carbocycles. The van der Waals surface area contributed by atoms with Gasteiger partial charge in [-0.1, -0.05) is 0 Å². The first-order valence-corrected chi connectivity index (χ1v) is 4.95. The van der Waals surface area contributed by atoms with E-state index < -0.39 is 5.54 Å². The molecule has 2 N–H and O–H groups in total. The third-order valence-electron chi connectivity index (χ3n) is 1.51. The molecule has 1 aromatic rings. The minimum atomic E-state index is -0.436. The van der Waals surface area contributed by atoms with E-state index in [-0.39, 0.29) is 5.78 Å². The van der Waals surface area contributed by atoms with Crippen LogP contribution in [0.3, 0.4) is 0 Å². The van der Waals surface area contributed by atoms with Gasteiger partial charge in [0.25, 0.3) is 0 Å². The molecule has 3 nitrogen and oxygen atoms in total. The predicted molar refractivity (Wildman–Crippen MR) is 54.1 cm³/mol. The molecule has 1 heterocycles. The Morgan fingerprint density at radius 3 is 2.69 bits per heavy atom. The van der Waals surface area contributed by atoms with Crippen molar-refractivity contribution in [1.29, 1.82) is 0 Å². The number of carbonyl (C=O) groups excluding carboxylic acids is 1. The van der Waals surface area contributed by atoms with Crippen molar-refractivity contribution < 1.29 is 4.79 Å². The second kappa shape index (κ2) is 3.55.